The van der Waals surface area contributed by atoms with E-state index in [9.17, 15) is 29.0 Å². The Morgan fingerprint density at radius 1 is 0.914 bits per heavy atom. The van der Waals surface area contributed by atoms with Crippen LogP contribution in [-0.4, -0.2) is 39.4 Å². The second-order valence-electron chi connectivity index (χ2n) is 6.61. The molecule has 0 saturated heterocycles. The lowest BCUT2D eigenvalue weighted by Gasteiger charge is -1.99. The first-order valence-electron chi connectivity index (χ1n) is 9.36. The van der Waals surface area contributed by atoms with E-state index >= 15 is 0 Å². The van der Waals surface area contributed by atoms with E-state index in [1.807, 2.05) is 0 Å². The van der Waals surface area contributed by atoms with Gasteiger partial charge in [0.1, 0.15) is 19.2 Å². The lowest BCUT2D eigenvalue weighted by Crippen LogP contribution is -2.04. The summed E-state index contributed by atoms with van der Waals surface area (Å²) in [7, 11) is 0. The number of hydrogen-bond donors (Lipinski definition) is 0. The minimum absolute atomic E-state index is 0.123. The summed E-state index contributed by atoms with van der Waals surface area (Å²) in [5.74, 6) is -1.67. The van der Waals surface area contributed by atoms with Gasteiger partial charge in [0.25, 0.3) is 0 Å². The van der Waals surface area contributed by atoms with E-state index in [1.54, 1.807) is 6.07 Å². The standard InChI is InChI=1S/C10H6FN5O2.C9H6BrFN4O2/c11-9-5-13-8(3-7(9)4-12)6-15-2-1-10(14-15)16(17)18;10-7-3-6(12-4-8(7)11)5-14-2-1-9(13-14)15(16)17/h1-3,5H,6H2;1-4H,5H2. The highest BCUT2D eigenvalue weighted by Gasteiger charge is 2.13. The first-order valence-corrected chi connectivity index (χ1v) is 10.2. The quantitative estimate of drug-likeness (QED) is 0.259. The number of halogens is 3. The number of nitro groups is 2. The van der Waals surface area contributed by atoms with Gasteiger partial charge in [0, 0.05) is 0 Å². The second-order valence-corrected chi connectivity index (χ2v) is 7.47. The van der Waals surface area contributed by atoms with Gasteiger partial charge in [-0.3, -0.25) is 9.97 Å². The zero-order chi connectivity index (χ0) is 25.5. The van der Waals surface area contributed by atoms with E-state index < -0.39 is 21.5 Å². The third-order valence-electron chi connectivity index (χ3n) is 4.17. The fourth-order valence-electron chi connectivity index (χ4n) is 2.60. The Bertz CT molecular complexity index is 1430. The van der Waals surface area contributed by atoms with Gasteiger partial charge >= 0.3 is 11.6 Å². The number of nitrogens with zero attached hydrogens (tertiary/aromatic N) is 9. The van der Waals surface area contributed by atoms with Gasteiger partial charge in [-0.05, 0) is 37.9 Å². The highest BCUT2D eigenvalue weighted by Crippen LogP contribution is 2.16. The summed E-state index contributed by atoms with van der Waals surface area (Å²) in [4.78, 5) is 27.3. The molecule has 4 aromatic rings. The van der Waals surface area contributed by atoms with E-state index in [1.165, 1.54) is 46.0 Å². The highest BCUT2D eigenvalue weighted by molar-refractivity contribution is 9.10. The molecule has 0 aromatic carbocycles. The van der Waals surface area contributed by atoms with E-state index in [4.69, 9.17) is 5.26 Å². The molecule has 0 amide bonds. The fourth-order valence-corrected chi connectivity index (χ4v) is 2.97. The van der Waals surface area contributed by atoms with Crippen LogP contribution in [0.3, 0.4) is 0 Å². The average molecular weight is 548 g/mol. The maximum atomic E-state index is 13.0. The SMILES string of the molecule is N#Cc1cc(Cn2ccc([N+](=O)[O-])n2)ncc1F.O=[N+]([O-])c1ccn(Cc2cc(Br)c(F)cn2)n1. The number of pyridine rings is 2. The highest BCUT2D eigenvalue weighted by atomic mass is 79.9. The molecule has 16 heteroatoms. The lowest BCUT2D eigenvalue weighted by molar-refractivity contribution is -0.390. The van der Waals surface area contributed by atoms with Crippen LogP contribution in [-0.2, 0) is 13.1 Å². The van der Waals surface area contributed by atoms with Crippen LogP contribution in [0, 0.1) is 43.2 Å². The molecule has 4 aromatic heterocycles. The van der Waals surface area contributed by atoms with E-state index in [2.05, 4.69) is 36.1 Å². The molecule has 0 fully saturated rings. The van der Waals surface area contributed by atoms with Crippen LogP contribution in [0.4, 0.5) is 20.4 Å². The van der Waals surface area contributed by atoms with Crippen molar-refractivity contribution < 1.29 is 18.6 Å². The molecular weight excluding hydrogens is 536 g/mol. The largest absolute Gasteiger partial charge is 0.389 e. The minimum atomic E-state index is -0.701. The molecule has 0 aliphatic heterocycles. The Kier molecular flexibility index (Phi) is 7.84. The first kappa shape index (κ1) is 25.0. The zero-order valence-electron chi connectivity index (χ0n) is 17.3. The number of rotatable bonds is 6. The Hall–Kier alpha value is -4.65. The molecule has 178 valence electrons. The molecule has 35 heavy (non-hydrogen) atoms. The topological polar surface area (TPSA) is 171 Å². The van der Waals surface area contributed by atoms with Gasteiger partial charge in [0.05, 0.1) is 68.5 Å². The lowest BCUT2D eigenvalue weighted by atomic mass is 10.2. The van der Waals surface area contributed by atoms with Crippen molar-refractivity contribution in [1.29, 1.82) is 5.26 Å². The first-order chi connectivity index (χ1) is 16.7. The molecule has 13 nitrogen and oxygen atoms in total. The van der Waals surface area contributed by atoms with Gasteiger partial charge < -0.3 is 20.2 Å². The van der Waals surface area contributed by atoms with E-state index in [-0.39, 0.29) is 30.3 Å². The minimum Gasteiger partial charge on any atom is -0.358 e. The molecule has 4 rings (SSSR count). The summed E-state index contributed by atoms with van der Waals surface area (Å²) < 4.78 is 28.9. The van der Waals surface area contributed by atoms with Crippen molar-refractivity contribution in [3.8, 4) is 6.07 Å². The van der Waals surface area contributed by atoms with Gasteiger partial charge in [-0.25, -0.2) is 8.78 Å². The molecule has 0 aliphatic rings. The normalized spacial score (nSPS) is 10.2. The van der Waals surface area contributed by atoms with Crippen LogP contribution in [0.5, 0.6) is 0 Å². The molecule has 0 aliphatic carbocycles. The maximum absolute atomic E-state index is 13.0. The van der Waals surface area contributed by atoms with Crippen LogP contribution in [0.1, 0.15) is 17.0 Å². The fraction of sp³-hybridized carbons (Fsp3) is 0.105. The number of nitriles is 1. The van der Waals surface area contributed by atoms with Crippen LogP contribution in [0.2, 0.25) is 0 Å². The van der Waals surface area contributed by atoms with E-state index in [0.717, 1.165) is 12.4 Å². The molecule has 0 saturated carbocycles. The average Bonchev–Trinajstić information content (AvgIpc) is 3.48. The van der Waals surface area contributed by atoms with Crippen molar-refractivity contribution in [2.24, 2.45) is 0 Å². The molecule has 0 radical (unpaired) electrons. The zero-order valence-corrected chi connectivity index (χ0v) is 18.9. The Balaban J connectivity index is 0.000000196. The van der Waals surface area contributed by atoms with Crippen LogP contribution >= 0.6 is 15.9 Å². The molecule has 0 N–H and O–H groups in total. The summed E-state index contributed by atoms with van der Waals surface area (Å²) in [6, 6.07) is 7.01. The molecule has 0 atom stereocenters. The smallest absolute Gasteiger partial charge is 0.358 e. The van der Waals surface area contributed by atoms with Crippen molar-refractivity contribution in [2.45, 2.75) is 13.1 Å². The van der Waals surface area contributed by atoms with Crippen molar-refractivity contribution in [1.82, 2.24) is 29.5 Å². The van der Waals surface area contributed by atoms with Gasteiger partial charge in [-0.2, -0.15) is 14.6 Å². The Morgan fingerprint density at radius 3 is 1.83 bits per heavy atom. The molecular formula is C19H12BrF2N9O4. The van der Waals surface area contributed by atoms with Crippen molar-refractivity contribution in [3.05, 3.63) is 102 Å². The molecule has 4 heterocycles. The van der Waals surface area contributed by atoms with Crippen LogP contribution < -0.4 is 0 Å². The monoisotopic (exact) mass is 547 g/mol. The number of hydrogen-bond acceptors (Lipinski definition) is 9. The third kappa shape index (κ3) is 6.68. The maximum Gasteiger partial charge on any atom is 0.389 e. The molecule has 0 unspecified atom stereocenters. The van der Waals surface area contributed by atoms with Gasteiger partial charge in [0.2, 0.25) is 0 Å². The summed E-state index contributed by atoms with van der Waals surface area (Å²) in [6.07, 6.45) is 4.90. The summed E-state index contributed by atoms with van der Waals surface area (Å²) in [6.45, 7) is 0.371. The summed E-state index contributed by atoms with van der Waals surface area (Å²) in [5, 5.41) is 36.9. The summed E-state index contributed by atoms with van der Waals surface area (Å²) >= 11 is 3.03. The van der Waals surface area contributed by atoms with Crippen molar-refractivity contribution in [2.75, 3.05) is 0 Å². The van der Waals surface area contributed by atoms with Crippen LogP contribution in [0.15, 0.2) is 53.5 Å². The van der Waals surface area contributed by atoms with Gasteiger partial charge in [-0.15, -0.1) is 0 Å². The van der Waals surface area contributed by atoms with Crippen LogP contribution in [0.25, 0.3) is 0 Å². The third-order valence-corrected chi connectivity index (χ3v) is 4.78. The second kappa shape index (κ2) is 11.0. The predicted molar refractivity (Wildman–Crippen MR) is 117 cm³/mol. The van der Waals surface area contributed by atoms with Gasteiger partial charge in [-0.1, -0.05) is 0 Å². The Labute approximate surface area is 202 Å². The van der Waals surface area contributed by atoms with Gasteiger partial charge in [0.15, 0.2) is 11.6 Å². The van der Waals surface area contributed by atoms with Crippen molar-refractivity contribution >= 4 is 27.6 Å². The van der Waals surface area contributed by atoms with E-state index in [0.29, 0.717) is 15.9 Å². The number of aromatic nitrogens is 6. The summed E-state index contributed by atoms with van der Waals surface area (Å²) in [5.41, 5.74) is 0.823. The van der Waals surface area contributed by atoms with Crippen molar-refractivity contribution in [3.63, 3.8) is 0 Å². The Morgan fingerprint density at radius 2 is 1.40 bits per heavy atom. The molecule has 0 spiro atoms. The predicted octanol–water partition coefficient (Wildman–Crippen LogP) is 3.38. The molecule has 0 bridgehead atoms.